The van der Waals surface area contributed by atoms with Crippen molar-refractivity contribution in [3.63, 3.8) is 0 Å². The molecule has 0 atom stereocenters. The van der Waals surface area contributed by atoms with Gasteiger partial charge in [0.25, 0.3) is 5.91 Å². The highest BCUT2D eigenvalue weighted by Gasteiger charge is 2.48. The van der Waals surface area contributed by atoms with E-state index in [0.717, 1.165) is 13.8 Å². The standard InChI is InChI=1S/C15H18F3NO3/c1-14(2,15(16,17)18)11-6-4-10(5-7-11)13(22)19(3)9-8-12(20)21/h4-7H,8-9H2,1-3H3,(H,20,21). The van der Waals surface area contributed by atoms with Crippen molar-refractivity contribution in [1.82, 2.24) is 4.90 Å². The Morgan fingerprint density at radius 2 is 1.64 bits per heavy atom. The molecule has 4 nitrogen and oxygen atoms in total. The van der Waals surface area contributed by atoms with Gasteiger partial charge in [0.1, 0.15) is 0 Å². The quantitative estimate of drug-likeness (QED) is 0.908. The van der Waals surface area contributed by atoms with Crippen molar-refractivity contribution < 1.29 is 27.9 Å². The van der Waals surface area contributed by atoms with E-state index in [1.165, 1.54) is 36.2 Å². The number of hydrogen-bond acceptors (Lipinski definition) is 2. The largest absolute Gasteiger partial charge is 0.481 e. The van der Waals surface area contributed by atoms with Gasteiger partial charge in [-0.2, -0.15) is 13.2 Å². The minimum atomic E-state index is -4.39. The minimum Gasteiger partial charge on any atom is -0.481 e. The highest BCUT2D eigenvalue weighted by Crippen LogP contribution is 2.40. The molecule has 0 aliphatic heterocycles. The number of alkyl halides is 3. The van der Waals surface area contributed by atoms with Crippen LogP contribution in [0.2, 0.25) is 0 Å². The molecule has 1 aromatic carbocycles. The summed E-state index contributed by atoms with van der Waals surface area (Å²) in [6, 6.07) is 5.18. The van der Waals surface area contributed by atoms with E-state index >= 15 is 0 Å². The Morgan fingerprint density at radius 3 is 2.05 bits per heavy atom. The van der Waals surface area contributed by atoms with Crippen LogP contribution in [0.4, 0.5) is 13.2 Å². The van der Waals surface area contributed by atoms with Crippen molar-refractivity contribution in [1.29, 1.82) is 0 Å². The van der Waals surface area contributed by atoms with E-state index in [0.29, 0.717) is 0 Å². The molecule has 1 amide bonds. The van der Waals surface area contributed by atoms with Gasteiger partial charge in [-0.05, 0) is 31.5 Å². The summed E-state index contributed by atoms with van der Waals surface area (Å²) in [6.45, 7) is 2.18. The van der Waals surface area contributed by atoms with Crippen LogP contribution in [-0.2, 0) is 10.2 Å². The van der Waals surface area contributed by atoms with Crippen LogP contribution in [0.3, 0.4) is 0 Å². The predicted octanol–water partition coefficient (Wildman–Crippen LogP) is 3.07. The molecule has 0 saturated carbocycles. The molecule has 0 spiro atoms. The van der Waals surface area contributed by atoms with Gasteiger partial charge in [-0.3, -0.25) is 9.59 Å². The zero-order valence-electron chi connectivity index (χ0n) is 12.6. The molecule has 7 heteroatoms. The third kappa shape index (κ3) is 3.99. The van der Waals surface area contributed by atoms with Gasteiger partial charge in [0.15, 0.2) is 0 Å². The Morgan fingerprint density at radius 1 is 1.14 bits per heavy atom. The molecule has 1 aromatic rings. The first-order valence-electron chi connectivity index (χ1n) is 6.61. The Labute approximate surface area is 126 Å². The second kappa shape index (κ2) is 6.37. The van der Waals surface area contributed by atoms with Crippen LogP contribution in [0.1, 0.15) is 36.2 Å². The molecule has 0 saturated heterocycles. The summed E-state index contributed by atoms with van der Waals surface area (Å²) in [5.74, 6) is -1.46. The molecule has 1 N–H and O–H groups in total. The lowest BCUT2D eigenvalue weighted by Gasteiger charge is -2.28. The van der Waals surface area contributed by atoms with Gasteiger partial charge in [-0.15, -0.1) is 0 Å². The molecular weight excluding hydrogens is 299 g/mol. The second-order valence-electron chi connectivity index (χ2n) is 5.57. The Kier molecular flexibility index (Phi) is 5.22. The number of carbonyl (C=O) groups is 2. The van der Waals surface area contributed by atoms with Crippen molar-refractivity contribution in [3.8, 4) is 0 Å². The fraction of sp³-hybridized carbons (Fsp3) is 0.467. The summed E-state index contributed by atoms with van der Waals surface area (Å²) < 4.78 is 38.9. The number of carboxylic acids is 1. The van der Waals surface area contributed by atoms with E-state index in [1.807, 2.05) is 0 Å². The Bertz CT molecular complexity index is 550. The van der Waals surface area contributed by atoms with Crippen LogP contribution >= 0.6 is 0 Å². The van der Waals surface area contributed by atoms with Crippen LogP contribution < -0.4 is 0 Å². The normalized spacial score (nSPS) is 12.1. The Balaban J connectivity index is 2.89. The van der Waals surface area contributed by atoms with Gasteiger partial charge in [-0.1, -0.05) is 12.1 Å². The van der Waals surface area contributed by atoms with E-state index < -0.39 is 23.5 Å². The van der Waals surface area contributed by atoms with Crippen LogP contribution in [0.5, 0.6) is 0 Å². The lowest BCUT2D eigenvalue weighted by atomic mass is 9.83. The third-order valence-corrected chi connectivity index (χ3v) is 3.57. The van der Waals surface area contributed by atoms with Crippen LogP contribution in [0, 0.1) is 0 Å². The molecule has 0 aliphatic rings. The molecule has 0 fully saturated rings. The number of carboxylic acid groups (broad SMARTS) is 1. The average molecular weight is 317 g/mol. The lowest BCUT2D eigenvalue weighted by Crippen LogP contribution is -2.36. The number of carbonyl (C=O) groups excluding carboxylic acids is 1. The molecule has 0 aliphatic carbocycles. The second-order valence-corrected chi connectivity index (χ2v) is 5.57. The third-order valence-electron chi connectivity index (χ3n) is 3.57. The van der Waals surface area contributed by atoms with Gasteiger partial charge in [-0.25, -0.2) is 0 Å². The zero-order valence-corrected chi connectivity index (χ0v) is 12.6. The number of hydrogen-bond donors (Lipinski definition) is 1. The maximum atomic E-state index is 13.0. The minimum absolute atomic E-state index is 0.0317. The zero-order chi connectivity index (χ0) is 17.1. The SMILES string of the molecule is CN(CCC(=O)O)C(=O)c1ccc(C(C)(C)C(F)(F)F)cc1. The van der Waals surface area contributed by atoms with Crippen molar-refractivity contribution in [3.05, 3.63) is 35.4 Å². The topological polar surface area (TPSA) is 57.6 Å². The van der Waals surface area contributed by atoms with Crippen molar-refractivity contribution in [2.75, 3.05) is 13.6 Å². The fourth-order valence-corrected chi connectivity index (χ4v) is 1.78. The monoisotopic (exact) mass is 317 g/mol. The van der Waals surface area contributed by atoms with E-state index in [1.54, 1.807) is 0 Å². The molecule has 1 rings (SSSR count). The van der Waals surface area contributed by atoms with Gasteiger partial charge in [0, 0.05) is 19.2 Å². The van der Waals surface area contributed by atoms with E-state index in [4.69, 9.17) is 5.11 Å². The lowest BCUT2D eigenvalue weighted by molar-refractivity contribution is -0.180. The molecule has 22 heavy (non-hydrogen) atoms. The van der Waals surface area contributed by atoms with E-state index in [-0.39, 0.29) is 24.1 Å². The maximum Gasteiger partial charge on any atom is 0.397 e. The maximum absolute atomic E-state index is 13.0. The van der Waals surface area contributed by atoms with Crippen LogP contribution in [0.15, 0.2) is 24.3 Å². The number of nitrogens with zero attached hydrogens (tertiary/aromatic N) is 1. The Hall–Kier alpha value is -2.05. The van der Waals surface area contributed by atoms with Gasteiger partial charge >= 0.3 is 12.1 Å². The number of halogens is 3. The summed E-state index contributed by atoms with van der Waals surface area (Å²) >= 11 is 0. The smallest absolute Gasteiger partial charge is 0.397 e. The average Bonchev–Trinajstić information content (AvgIpc) is 2.42. The van der Waals surface area contributed by atoms with Gasteiger partial charge in [0.2, 0.25) is 0 Å². The summed E-state index contributed by atoms with van der Waals surface area (Å²) in [5.41, 5.74) is -1.73. The van der Waals surface area contributed by atoms with Crippen molar-refractivity contribution in [2.24, 2.45) is 0 Å². The van der Waals surface area contributed by atoms with Crippen molar-refractivity contribution in [2.45, 2.75) is 31.9 Å². The molecule has 0 unspecified atom stereocenters. The first kappa shape index (κ1) is 18.0. The number of aliphatic carboxylic acids is 1. The molecule has 122 valence electrons. The van der Waals surface area contributed by atoms with Gasteiger partial charge < -0.3 is 10.0 Å². The molecular formula is C15H18F3NO3. The first-order chi connectivity index (χ1) is 9.96. The summed E-state index contributed by atoms with van der Waals surface area (Å²) in [4.78, 5) is 23.7. The summed E-state index contributed by atoms with van der Waals surface area (Å²) in [6.07, 6.45) is -4.59. The molecule has 0 radical (unpaired) electrons. The van der Waals surface area contributed by atoms with E-state index in [9.17, 15) is 22.8 Å². The summed E-state index contributed by atoms with van der Waals surface area (Å²) in [7, 11) is 1.44. The molecule has 0 aromatic heterocycles. The van der Waals surface area contributed by atoms with E-state index in [2.05, 4.69) is 0 Å². The molecule has 0 heterocycles. The predicted molar refractivity (Wildman–Crippen MR) is 74.7 cm³/mol. The number of rotatable bonds is 5. The van der Waals surface area contributed by atoms with Crippen LogP contribution in [-0.4, -0.2) is 41.7 Å². The van der Waals surface area contributed by atoms with Crippen LogP contribution in [0.25, 0.3) is 0 Å². The fourth-order valence-electron chi connectivity index (χ4n) is 1.78. The highest BCUT2D eigenvalue weighted by atomic mass is 19.4. The number of amides is 1. The van der Waals surface area contributed by atoms with Gasteiger partial charge in [0.05, 0.1) is 11.8 Å². The number of benzene rings is 1. The highest BCUT2D eigenvalue weighted by molar-refractivity contribution is 5.94. The first-order valence-corrected chi connectivity index (χ1v) is 6.61. The summed E-state index contributed by atoms with van der Waals surface area (Å²) in [5, 5.41) is 8.57. The van der Waals surface area contributed by atoms with Crippen molar-refractivity contribution >= 4 is 11.9 Å². The molecule has 0 bridgehead atoms.